The molecule has 6 nitrogen and oxygen atoms in total. The molecule has 0 rings (SSSR count). The van der Waals surface area contributed by atoms with Crippen LogP contribution in [0.2, 0.25) is 0 Å². The minimum Gasteiger partial charge on any atom is -0.481 e. The van der Waals surface area contributed by atoms with E-state index in [0.717, 1.165) is 25.9 Å². The second-order valence-corrected chi connectivity index (χ2v) is 3.63. The van der Waals surface area contributed by atoms with Gasteiger partial charge in [0.25, 0.3) is 0 Å². The number of unbranched alkanes of at least 4 members (excludes halogenated alkanes) is 3. The topological polar surface area (TPSA) is 127 Å². The first-order valence-electron chi connectivity index (χ1n) is 5.88. The highest BCUT2D eigenvalue weighted by molar-refractivity contribution is 5.67. The number of hydrogen-bond donors (Lipinski definition) is 4. The van der Waals surface area contributed by atoms with Crippen molar-refractivity contribution in [3.05, 3.63) is 0 Å². The van der Waals surface area contributed by atoms with Crippen molar-refractivity contribution in [3.8, 4) is 0 Å². The van der Waals surface area contributed by atoms with Gasteiger partial charge >= 0.3 is 11.9 Å². The quantitative estimate of drug-likeness (QED) is 0.447. The van der Waals surface area contributed by atoms with Gasteiger partial charge in [-0.05, 0) is 38.8 Å². The molecule has 0 saturated carbocycles. The Morgan fingerprint density at radius 2 is 1.06 bits per heavy atom. The van der Waals surface area contributed by atoms with Crippen molar-refractivity contribution in [1.82, 2.24) is 0 Å². The van der Waals surface area contributed by atoms with Crippen LogP contribution < -0.4 is 11.5 Å². The van der Waals surface area contributed by atoms with Crippen LogP contribution in [-0.2, 0) is 9.59 Å². The van der Waals surface area contributed by atoms with Crippen LogP contribution in [0.4, 0.5) is 0 Å². The first-order chi connectivity index (χ1) is 8.04. The summed E-state index contributed by atoms with van der Waals surface area (Å²) in [6.45, 7) is 1.55. The molecule has 0 bridgehead atoms. The highest BCUT2D eigenvalue weighted by atomic mass is 16.4. The molecular formula is C11H24N2O4. The van der Waals surface area contributed by atoms with Crippen LogP contribution in [0.25, 0.3) is 0 Å². The average Bonchev–Trinajstić information content (AvgIpc) is 2.26. The van der Waals surface area contributed by atoms with Gasteiger partial charge in [0.2, 0.25) is 0 Å². The fraction of sp³-hybridized carbons (Fsp3) is 0.818. The van der Waals surface area contributed by atoms with Crippen molar-refractivity contribution in [3.63, 3.8) is 0 Å². The maximum atomic E-state index is 9.98. The summed E-state index contributed by atoms with van der Waals surface area (Å²) in [7, 11) is 0. The number of carboxylic acid groups (broad SMARTS) is 2. The zero-order valence-corrected chi connectivity index (χ0v) is 10.2. The lowest BCUT2D eigenvalue weighted by Gasteiger charge is -1.94. The Bertz CT molecular complexity index is 178. The molecular weight excluding hydrogens is 224 g/mol. The smallest absolute Gasteiger partial charge is 0.303 e. The van der Waals surface area contributed by atoms with Crippen LogP contribution in [0.3, 0.4) is 0 Å². The second kappa shape index (κ2) is 14.9. The third-order valence-electron chi connectivity index (χ3n) is 1.94. The lowest BCUT2D eigenvalue weighted by Crippen LogP contribution is -2.03. The maximum absolute atomic E-state index is 9.98. The number of carboxylic acids is 2. The van der Waals surface area contributed by atoms with Crippen LogP contribution in [0.15, 0.2) is 0 Å². The van der Waals surface area contributed by atoms with Gasteiger partial charge in [0.1, 0.15) is 0 Å². The summed E-state index contributed by atoms with van der Waals surface area (Å²) in [4.78, 5) is 20.0. The monoisotopic (exact) mass is 248 g/mol. The fourth-order valence-corrected chi connectivity index (χ4v) is 1.02. The summed E-state index contributed by atoms with van der Waals surface area (Å²) in [5, 5.41) is 16.4. The van der Waals surface area contributed by atoms with E-state index in [1.54, 1.807) is 0 Å². The van der Waals surface area contributed by atoms with Crippen LogP contribution in [0, 0.1) is 0 Å². The Morgan fingerprint density at radius 3 is 1.29 bits per heavy atom. The summed E-state index contributed by atoms with van der Waals surface area (Å²) in [5.74, 6) is -1.64. The molecule has 0 aromatic carbocycles. The second-order valence-electron chi connectivity index (χ2n) is 3.63. The minimum atomic E-state index is -0.819. The van der Waals surface area contributed by atoms with Gasteiger partial charge in [0.15, 0.2) is 0 Å². The van der Waals surface area contributed by atoms with E-state index >= 15 is 0 Å². The Labute approximate surface area is 102 Å². The Balaban J connectivity index is 0. The van der Waals surface area contributed by atoms with E-state index in [0.29, 0.717) is 19.3 Å². The van der Waals surface area contributed by atoms with Crippen molar-refractivity contribution < 1.29 is 19.8 Å². The van der Waals surface area contributed by atoms with E-state index in [1.165, 1.54) is 0 Å². The molecule has 0 heterocycles. The van der Waals surface area contributed by atoms with Crippen molar-refractivity contribution in [2.24, 2.45) is 11.5 Å². The van der Waals surface area contributed by atoms with E-state index in [-0.39, 0.29) is 12.8 Å². The van der Waals surface area contributed by atoms with Gasteiger partial charge < -0.3 is 21.7 Å². The van der Waals surface area contributed by atoms with E-state index < -0.39 is 11.9 Å². The van der Waals surface area contributed by atoms with Crippen molar-refractivity contribution in [2.45, 2.75) is 44.9 Å². The Morgan fingerprint density at radius 1 is 0.706 bits per heavy atom. The highest BCUT2D eigenvalue weighted by Crippen LogP contribution is 2.02. The molecule has 102 valence electrons. The molecule has 6 N–H and O–H groups in total. The van der Waals surface area contributed by atoms with E-state index in [1.807, 2.05) is 0 Å². The number of aliphatic carboxylic acids is 2. The Kier molecular flexibility index (Phi) is 15.9. The predicted molar refractivity (Wildman–Crippen MR) is 65.7 cm³/mol. The summed E-state index contributed by atoms with van der Waals surface area (Å²) in [6.07, 6.45) is 4.23. The number of rotatable bonds is 9. The molecule has 17 heavy (non-hydrogen) atoms. The first kappa shape index (κ1) is 18.2. The zero-order valence-electron chi connectivity index (χ0n) is 10.2. The van der Waals surface area contributed by atoms with Gasteiger partial charge in [-0.1, -0.05) is 6.42 Å². The highest BCUT2D eigenvalue weighted by Gasteiger charge is 1.98. The number of nitrogens with two attached hydrogens (primary N) is 2. The lowest BCUT2D eigenvalue weighted by molar-refractivity contribution is -0.137. The predicted octanol–water partition coefficient (Wildman–Crippen LogP) is 0.790. The number of hydrogen-bond acceptors (Lipinski definition) is 4. The molecule has 0 saturated heterocycles. The Hall–Kier alpha value is -1.14. The zero-order chi connectivity index (χ0) is 13.5. The van der Waals surface area contributed by atoms with Gasteiger partial charge in [-0.15, -0.1) is 0 Å². The normalized spacial score (nSPS) is 9.29. The molecule has 6 heteroatoms. The third-order valence-corrected chi connectivity index (χ3v) is 1.94. The summed E-state index contributed by atoms with van der Waals surface area (Å²) in [5.41, 5.74) is 10.3. The van der Waals surface area contributed by atoms with Crippen molar-refractivity contribution in [1.29, 1.82) is 0 Å². The minimum absolute atomic E-state index is 0.139. The molecule has 0 aromatic heterocycles. The molecule has 0 amide bonds. The standard InChI is InChI=1S/C7H12O4.C4H12N2/c8-6(9)4-2-1-3-5-7(10)11;5-3-1-2-4-6/h1-5H2,(H,8,9)(H,10,11);1-6H2. The summed E-state index contributed by atoms with van der Waals surface area (Å²) < 4.78 is 0. The molecule has 0 fully saturated rings. The van der Waals surface area contributed by atoms with E-state index in [4.69, 9.17) is 21.7 Å². The molecule has 0 aromatic rings. The molecule has 0 spiro atoms. The van der Waals surface area contributed by atoms with Crippen molar-refractivity contribution >= 4 is 11.9 Å². The van der Waals surface area contributed by atoms with Crippen LogP contribution >= 0.6 is 0 Å². The summed E-state index contributed by atoms with van der Waals surface area (Å²) in [6, 6.07) is 0. The third kappa shape index (κ3) is 25.3. The van der Waals surface area contributed by atoms with Crippen LogP contribution in [0.1, 0.15) is 44.9 Å². The largest absolute Gasteiger partial charge is 0.481 e. The van der Waals surface area contributed by atoms with Gasteiger partial charge in [0, 0.05) is 12.8 Å². The molecule has 0 atom stereocenters. The van der Waals surface area contributed by atoms with Gasteiger partial charge in [-0.3, -0.25) is 9.59 Å². The van der Waals surface area contributed by atoms with E-state index in [9.17, 15) is 9.59 Å². The molecule has 0 aliphatic rings. The van der Waals surface area contributed by atoms with Gasteiger partial charge in [-0.2, -0.15) is 0 Å². The molecule has 0 aliphatic carbocycles. The fourth-order valence-electron chi connectivity index (χ4n) is 1.02. The molecule has 0 unspecified atom stereocenters. The van der Waals surface area contributed by atoms with Gasteiger partial charge in [-0.25, -0.2) is 0 Å². The summed E-state index contributed by atoms with van der Waals surface area (Å²) >= 11 is 0. The maximum Gasteiger partial charge on any atom is 0.303 e. The van der Waals surface area contributed by atoms with Crippen LogP contribution in [-0.4, -0.2) is 35.2 Å². The first-order valence-corrected chi connectivity index (χ1v) is 5.88. The number of carbonyl (C=O) groups is 2. The lowest BCUT2D eigenvalue weighted by atomic mass is 10.1. The molecule has 0 aliphatic heterocycles. The van der Waals surface area contributed by atoms with Crippen molar-refractivity contribution in [2.75, 3.05) is 13.1 Å². The average molecular weight is 248 g/mol. The van der Waals surface area contributed by atoms with E-state index in [2.05, 4.69) is 0 Å². The SMILES string of the molecule is NCCCCN.O=C(O)CCCCCC(=O)O. The van der Waals surface area contributed by atoms with Crippen LogP contribution in [0.5, 0.6) is 0 Å². The molecule has 0 radical (unpaired) electrons. The van der Waals surface area contributed by atoms with Gasteiger partial charge in [0.05, 0.1) is 0 Å².